The number of likely N-dealkylation sites (tertiary alicyclic amines) is 1. The predicted molar refractivity (Wildman–Crippen MR) is 65.1 cm³/mol. The molecule has 0 saturated carbocycles. The van der Waals surface area contributed by atoms with Gasteiger partial charge in [0.25, 0.3) is 0 Å². The van der Waals surface area contributed by atoms with Crippen LogP contribution in [0.3, 0.4) is 0 Å². The van der Waals surface area contributed by atoms with E-state index in [4.69, 9.17) is 0 Å². The van der Waals surface area contributed by atoms with Crippen molar-refractivity contribution in [3.63, 3.8) is 0 Å². The van der Waals surface area contributed by atoms with Gasteiger partial charge in [-0.3, -0.25) is 4.90 Å². The van der Waals surface area contributed by atoms with Gasteiger partial charge in [-0.2, -0.15) is 0 Å². The number of likely N-dealkylation sites (N-methyl/N-ethyl adjacent to an activating group) is 1. The van der Waals surface area contributed by atoms with Gasteiger partial charge < -0.3 is 5.32 Å². The fourth-order valence-corrected chi connectivity index (χ4v) is 3.25. The summed E-state index contributed by atoms with van der Waals surface area (Å²) in [6.45, 7) is 6.13. The predicted octanol–water partition coefficient (Wildman–Crippen LogP) is 2.39. The van der Waals surface area contributed by atoms with Crippen molar-refractivity contribution in [1.29, 1.82) is 0 Å². The first kappa shape index (κ1) is 11.4. The highest BCUT2D eigenvalue weighted by Crippen LogP contribution is 2.23. The Hall–Kier alpha value is -0.0800. The van der Waals surface area contributed by atoms with Gasteiger partial charge in [-0.05, 0) is 45.3 Å². The Balaban J connectivity index is 1.92. The van der Waals surface area contributed by atoms with Crippen molar-refractivity contribution in [3.05, 3.63) is 0 Å². The first-order valence-electron chi connectivity index (χ1n) is 6.89. The van der Waals surface area contributed by atoms with Crippen LogP contribution in [0, 0.1) is 0 Å². The third-order valence-electron chi connectivity index (χ3n) is 4.13. The summed E-state index contributed by atoms with van der Waals surface area (Å²) < 4.78 is 0. The van der Waals surface area contributed by atoms with E-state index in [0.29, 0.717) is 0 Å². The lowest BCUT2D eigenvalue weighted by Crippen LogP contribution is -2.51. The van der Waals surface area contributed by atoms with E-state index in [1.165, 1.54) is 64.6 Å². The average molecular weight is 210 g/mol. The molecule has 2 atom stereocenters. The lowest BCUT2D eigenvalue weighted by atomic mass is 9.93. The molecule has 0 radical (unpaired) electrons. The van der Waals surface area contributed by atoms with E-state index in [2.05, 4.69) is 17.1 Å². The molecule has 2 saturated heterocycles. The molecule has 2 aliphatic heterocycles. The molecule has 2 nitrogen and oxygen atoms in total. The van der Waals surface area contributed by atoms with Crippen LogP contribution in [-0.4, -0.2) is 36.6 Å². The van der Waals surface area contributed by atoms with Crippen LogP contribution >= 0.6 is 0 Å². The Morgan fingerprint density at radius 1 is 1.07 bits per heavy atom. The molecule has 0 aliphatic carbocycles. The summed E-state index contributed by atoms with van der Waals surface area (Å²) in [5, 5.41) is 3.77. The minimum absolute atomic E-state index is 0.785. The van der Waals surface area contributed by atoms with Crippen LogP contribution in [-0.2, 0) is 0 Å². The van der Waals surface area contributed by atoms with Crippen molar-refractivity contribution >= 4 is 0 Å². The van der Waals surface area contributed by atoms with Gasteiger partial charge in [0.2, 0.25) is 0 Å². The van der Waals surface area contributed by atoms with Gasteiger partial charge in [-0.15, -0.1) is 0 Å². The second-order valence-electron chi connectivity index (χ2n) is 5.10. The van der Waals surface area contributed by atoms with Crippen LogP contribution < -0.4 is 5.32 Å². The van der Waals surface area contributed by atoms with Crippen LogP contribution in [0.4, 0.5) is 0 Å². The van der Waals surface area contributed by atoms with Gasteiger partial charge in [0, 0.05) is 12.1 Å². The van der Waals surface area contributed by atoms with Crippen molar-refractivity contribution in [2.45, 2.75) is 64.0 Å². The maximum Gasteiger partial charge on any atom is 0.0249 e. The molecule has 2 heterocycles. The van der Waals surface area contributed by atoms with E-state index in [9.17, 15) is 0 Å². The molecule has 0 spiro atoms. The van der Waals surface area contributed by atoms with E-state index in [0.717, 1.165) is 12.1 Å². The maximum atomic E-state index is 3.77. The summed E-state index contributed by atoms with van der Waals surface area (Å²) in [5.74, 6) is 0. The molecule has 2 rings (SSSR count). The van der Waals surface area contributed by atoms with Crippen LogP contribution in [0.15, 0.2) is 0 Å². The van der Waals surface area contributed by atoms with Crippen molar-refractivity contribution < 1.29 is 0 Å². The Bertz CT molecular complexity index is 173. The molecule has 0 bridgehead atoms. The zero-order valence-corrected chi connectivity index (χ0v) is 10.2. The molecule has 2 heteroatoms. The summed E-state index contributed by atoms with van der Waals surface area (Å²) in [5.41, 5.74) is 0. The summed E-state index contributed by atoms with van der Waals surface area (Å²) in [7, 11) is 0. The van der Waals surface area contributed by atoms with Crippen molar-refractivity contribution in [1.82, 2.24) is 10.2 Å². The minimum atomic E-state index is 0.785. The monoisotopic (exact) mass is 210 g/mol. The summed E-state index contributed by atoms with van der Waals surface area (Å²) in [4.78, 5) is 2.70. The van der Waals surface area contributed by atoms with Gasteiger partial charge in [0.1, 0.15) is 0 Å². The van der Waals surface area contributed by atoms with Gasteiger partial charge in [-0.25, -0.2) is 0 Å². The topological polar surface area (TPSA) is 15.3 Å². The fraction of sp³-hybridized carbons (Fsp3) is 1.00. The first-order valence-corrected chi connectivity index (χ1v) is 6.89. The van der Waals surface area contributed by atoms with Gasteiger partial charge in [0.15, 0.2) is 0 Å². The molecule has 2 fully saturated rings. The number of piperidine rings is 1. The second kappa shape index (κ2) is 5.86. The summed E-state index contributed by atoms with van der Waals surface area (Å²) >= 11 is 0. The van der Waals surface area contributed by atoms with E-state index >= 15 is 0 Å². The number of rotatable bonds is 2. The third-order valence-corrected chi connectivity index (χ3v) is 4.13. The maximum absolute atomic E-state index is 3.77. The van der Waals surface area contributed by atoms with E-state index in [-0.39, 0.29) is 0 Å². The summed E-state index contributed by atoms with van der Waals surface area (Å²) in [6, 6.07) is 1.62. The van der Waals surface area contributed by atoms with Crippen LogP contribution in [0.5, 0.6) is 0 Å². The summed E-state index contributed by atoms with van der Waals surface area (Å²) in [6.07, 6.45) is 9.94. The Labute approximate surface area is 94.4 Å². The zero-order valence-electron chi connectivity index (χ0n) is 10.2. The molecule has 2 aliphatic rings. The van der Waals surface area contributed by atoms with Crippen LogP contribution in [0.25, 0.3) is 0 Å². The molecule has 0 aromatic carbocycles. The molecule has 15 heavy (non-hydrogen) atoms. The van der Waals surface area contributed by atoms with Crippen molar-refractivity contribution in [3.8, 4) is 0 Å². The normalized spacial score (nSPS) is 35.0. The highest BCUT2D eigenvalue weighted by atomic mass is 15.2. The second-order valence-corrected chi connectivity index (χ2v) is 5.10. The van der Waals surface area contributed by atoms with Gasteiger partial charge >= 0.3 is 0 Å². The Morgan fingerprint density at radius 2 is 1.93 bits per heavy atom. The van der Waals surface area contributed by atoms with E-state index < -0.39 is 0 Å². The fourth-order valence-electron chi connectivity index (χ4n) is 3.25. The lowest BCUT2D eigenvalue weighted by molar-refractivity contribution is 0.119. The standard InChI is InChI=1S/C13H26N2/c1-2-15-11-7-5-9-13(15)12-8-4-3-6-10-14-12/h12-14H,2-11H2,1H3/t12-,13-/m1/s1. The smallest absolute Gasteiger partial charge is 0.0249 e. The lowest BCUT2D eigenvalue weighted by Gasteiger charge is -2.40. The third kappa shape index (κ3) is 2.94. The van der Waals surface area contributed by atoms with E-state index in [1.54, 1.807) is 0 Å². The van der Waals surface area contributed by atoms with Crippen molar-refractivity contribution in [2.75, 3.05) is 19.6 Å². The Morgan fingerprint density at radius 3 is 2.80 bits per heavy atom. The van der Waals surface area contributed by atoms with Crippen molar-refractivity contribution in [2.24, 2.45) is 0 Å². The molecule has 0 aromatic heterocycles. The highest BCUT2D eigenvalue weighted by molar-refractivity contribution is 4.88. The molecular weight excluding hydrogens is 184 g/mol. The molecule has 1 N–H and O–H groups in total. The molecule has 0 unspecified atom stereocenters. The number of nitrogens with zero attached hydrogens (tertiary/aromatic N) is 1. The minimum Gasteiger partial charge on any atom is -0.312 e. The van der Waals surface area contributed by atoms with Gasteiger partial charge in [-0.1, -0.05) is 26.2 Å². The molecule has 88 valence electrons. The number of nitrogens with one attached hydrogen (secondary N) is 1. The Kier molecular flexibility index (Phi) is 4.45. The quantitative estimate of drug-likeness (QED) is 0.753. The average Bonchev–Trinajstić information content (AvgIpc) is 2.57. The van der Waals surface area contributed by atoms with Crippen LogP contribution in [0.2, 0.25) is 0 Å². The number of hydrogen-bond donors (Lipinski definition) is 1. The zero-order chi connectivity index (χ0) is 10.5. The largest absolute Gasteiger partial charge is 0.312 e. The van der Waals surface area contributed by atoms with Gasteiger partial charge in [0.05, 0.1) is 0 Å². The number of hydrogen-bond acceptors (Lipinski definition) is 2. The van der Waals surface area contributed by atoms with Crippen LogP contribution in [0.1, 0.15) is 51.9 Å². The van der Waals surface area contributed by atoms with E-state index in [1.807, 2.05) is 0 Å². The molecule has 0 aromatic rings. The molecular formula is C13H26N2. The first-order chi connectivity index (χ1) is 7.42. The molecule has 0 amide bonds. The highest BCUT2D eigenvalue weighted by Gasteiger charge is 2.28. The SMILES string of the molecule is CCN1CCCC[C@@H]1[C@H]1CCCCCN1.